The number of piperidine rings is 2. The second kappa shape index (κ2) is 9.84. The van der Waals surface area contributed by atoms with Crippen LogP contribution in [0.25, 0.3) is 11.1 Å². The Morgan fingerprint density at radius 2 is 1.30 bits per heavy atom. The molecule has 0 saturated carbocycles. The van der Waals surface area contributed by atoms with Crippen LogP contribution >= 0.6 is 0 Å². The first-order valence-corrected chi connectivity index (χ1v) is 11.6. The van der Waals surface area contributed by atoms with E-state index >= 15 is 0 Å². The van der Waals surface area contributed by atoms with Gasteiger partial charge in [-0.15, -0.1) is 0 Å². The molecule has 1 N–H and O–H groups in total. The first-order chi connectivity index (χ1) is 14.6. The summed E-state index contributed by atoms with van der Waals surface area (Å²) in [4.78, 5) is 4.84. The Kier molecular flexibility index (Phi) is 6.96. The molecule has 2 aliphatic rings. The summed E-state index contributed by atoms with van der Waals surface area (Å²) in [6.45, 7) is 7.38. The third kappa shape index (κ3) is 5.77. The molecule has 0 amide bonds. The van der Waals surface area contributed by atoms with E-state index in [0.717, 1.165) is 18.8 Å². The maximum absolute atomic E-state index is 10.7. The molecule has 2 fully saturated rings. The molecule has 2 saturated heterocycles. The van der Waals surface area contributed by atoms with Gasteiger partial charge in [-0.05, 0) is 87.5 Å². The summed E-state index contributed by atoms with van der Waals surface area (Å²) in [5.41, 5.74) is 2.90. The van der Waals surface area contributed by atoms with Gasteiger partial charge in [0.2, 0.25) is 0 Å². The second-order valence-electron chi connectivity index (χ2n) is 9.24. The quantitative estimate of drug-likeness (QED) is 0.702. The van der Waals surface area contributed by atoms with Crippen LogP contribution in [0.2, 0.25) is 0 Å². The third-order valence-corrected chi connectivity index (χ3v) is 6.34. The van der Waals surface area contributed by atoms with E-state index in [2.05, 4.69) is 46.2 Å². The highest BCUT2D eigenvalue weighted by atomic mass is 16.5. The average molecular weight is 409 g/mol. The highest BCUT2D eigenvalue weighted by Crippen LogP contribution is 2.27. The Morgan fingerprint density at radius 1 is 0.767 bits per heavy atom. The SMILES string of the molecule is CC(O)(COc1ccc(-c2ccc(N3CCCCC3)cc2)cc1)CN1CCCCC1. The molecular formula is C26H36N2O2. The molecule has 2 aromatic rings. The molecule has 0 spiro atoms. The molecular weight excluding hydrogens is 372 g/mol. The summed E-state index contributed by atoms with van der Waals surface area (Å²) >= 11 is 0. The Labute approximate surface area is 181 Å². The lowest BCUT2D eigenvalue weighted by molar-refractivity contribution is -0.0210. The van der Waals surface area contributed by atoms with Gasteiger partial charge in [0.1, 0.15) is 18.0 Å². The summed E-state index contributed by atoms with van der Waals surface area (Å²) in [5.74, 6) is 0.808. The van der Waals surface area contributed by atoms with Gasteiger partial charge in [0.05, 0.1) is 0 Å². The summed E-state index contributed by atoms with van der Waals surface area (Å²) in [6.07, 6.45) is 7.73. The summed E-state index contributed by atoms with van der Waals surface area (Å²) < 4.78 is 5.92. The van der Waals surface area contributed by atoms with Crippen LogP contribution in [0.3, 0.4) is 0 Å². The van der Waals surface area contributed by atoms with Crippen molar-refractivity contribution in [3.63, 3.8) is 0 Å². The highest BCUT2D eigenvalue weighted by Gasteiger charge is 2.26. The largest absolute Gasteiger partial charge is 0.491 e. The van der Waals surface area contributed by atoms with E-state index < -0.39 is 5.60 Å². The molecule has 0 aliphatic carbocycles. The predicted molar refractivity (Wildman–Crippen MR) is 124 cm³/mol. The number of anilines is 1. The van der Waals surface area contributed by atoms with Crippen LogP contribution in [0.1, 0.15) is 45.4 Å². The molecule has 2 heterocycles. The van der Waals surface area contributed by atoms with E-state index in [1.54, 1.807) is 0 Å². The number of aliphatic hydroxyl groups is 1. The Bertz CT molecular complexity index is 774. The monoisotopic (exact) mass is 408 g/mol. The van der Waals surface area contributed by atoms with Crippen molar-refractivity contribution in [1.82, 2.24) is 4.90 Å². The van der Waals surface area contributed by atoms with Crippen molar-refractivity contribution < 1.29 is 9.84 Å². The molecule has 2 aliphatic heterocycles. The van der Waals surface area contributed by atoms with Gasteiger partial charge < -0.3 is 19.6 Å². The lowest BCUT2D eigenvalue weighted by atomic mass is 10.0. The Hall–Kier alpha value is -2.04. The van der Waals surface area contributed by atoms with Crippen molar-refractivity contribution in [2.75, 3.05) is 44.2 Å². The number of likely N-dealkylation sites (tertiary alicyclic amines) is 1. The van der Waals surface area contributed by atoms with Crippen molar-refractivity contribution >= 4 is 5.69 Å². The van der Waals surface area contributed by atoms with E-state index in [1.807, 2.05) is 19.1 Å². The topological polar surface area (TPSA) is 35.9 Å². The molecule has 0 aromatic heterocycles. The minimum atomic E-state index is -0.833. The van der Waals surface area contributed by atoms with Crippen LogP contribution in [-0.2, 0) is 0 Å². The Balaban J connectivity index is 1.31. The van der Waals surface area contributed by atoms with Gasteiger partial charge >= 0.3 is 0 Å². The van der Waals surface area contributed by atoms with Crippen LogP contribution < -0.4 is 9.64 Å². The number of nitrogens with zero attached hydrogens (tertiary/aromatic N) is 2. The van der Waals surface area contributed by atoms with E-state index in [4.69, 9.17) is 4.74 Å². The fourth-order valence-electron chi connectivity index (χ4n) is 4.64. The Morgan fingerprint density at radius 3 is 1.90 bits per heavy atom. The van der Waals surface area contributed by atoms with Crippen molar-refractivity contribution in [3.8, 4) is 16.9 Å². The van der Waals surface area contributed by atoms with E-state index in [-0.39, 0.29) is 0 Å². The van der Waals surface area contributed by atoms with Gasteiger partial charge in [-0.2, -0.15) is 0 Å². The molecule has 2 aromatic carbocycles. The van der Waals surface area contributed by atoms with E-state index in [9.17, 15) is 5.11 Å². The minimum Gasteiger partial charge on any atom is -0.491 e. The lowest BCUT2D eigenvalue weighted by Gasteiger charge is -2.33. The molecule has 1 atom stereocenters. The van der Waals surface area contributed by atoms with Crippen LogP contribution in [0, 0.1) is 0 Å². The standard InChI is InChI=1S/C26H36N2O2/c1-26(29,20-27-16-4-2-5-17-27)21-30-25-14-10-23(11-15-25)22-8-12-24(13-9-22)28-18-6-3-7-19-28/h8-15,29H,2-7,16-21H2,1H3. The van der Waals surface area contributed by atoms with Crippen LogP contribution in [-0.4, -0.2) is 54.9 Å². The van der Waals surface area contributed by atoms with Gasteiger partial charge in [-0.1, -0.05) is 30.7 Å². The zero-order valence-electron chi connectivity index (χ0n) is 18.4. The lowest BCUT2D eigenvalue weighted by Crippen LogP contribution is -2.46. The van der Waals surface area contributed by atoms with Gasteiger partial charge in [0.25, 0.3) is 0 Å². The van der Waals surface area contributed by atoms with Gasteiger partial charge in [0, 0.05) is 25.3 Å². The first kappa shape index (κ1) is 21.2. The summed E-state index contributed by atoms with van der Waals surface area (Å²) in [7, 11) is 0. The van der Waals surface area contributed by atoms with Crippen molar-refractivity contribution in [2.45, 2.75) is 51.0 Å². The zero-order chi connectivity index (χ0) is 20.8. The van der Waals surface area contributed by atoms with E-state index in [0.29, 0.717) is 13.2 Å². The first-order valence-electron chi connectivity index (χ1n) is 11.6. The molecule has 0 radical (unpaired) electrons. The molecule has 30 heavy (non-hydrogen) atoms. The fourth-order valence-corrected chi connectivity index (χ4v) is 4.64. The molecule has 1 unspecified atom stereocenters. The molecule has 4 rings (SSSR count). The number of rotatable bonds is 7. The van der Waals surface area contributed by atoms with Crippen molar-refractivity contribution in [1.29, 1.82) is 0 Å². The van der Waals surface area contributed by atoms with Gasteiger partial charge in [-0.3, -0.25) is 0 Å². The molecule has 0 bridgehead atoms. The van der Waals surface area contributed by atoms with Crippen LogP contribution in [0.5, 0.6) is 5.75 Å². The highest BCUT2D eigenvalue weighted by molar-refractivity contribution is 5.67. The molecule has 162 valence electrons. The normalized spacial score (nSPS) is 20.0. The number of hydrogen-bond donors (Lipinski definition) is 1. The van der Waals surface area contributed by atoms with Crippen molar-refractivity contribution in [2.24, 2.45) is 0 Å². The minimum absolute atomic E-state index is 0.313. The fraction of sp³-hybridized carbons (Fsp3) is 0.538. The van der Waals surface area contributed by atoms with Crippen molar-refractivity contribution in [3.05, 3.63) is 48.5 Å². The number of hydrogen-bond acceptors (Lipinski definition) is 4. The number of ether oxygens (including phenoxy) is 1. The maximum Gasteiger partial charge on any atom is 0.119 e. The molecule has 4 heteroatoms. The number of benzene rings is 2. The predicted octanol–water partition coefficient (Wildman–Crippen LogP) is 4.96. The van der Waals surface area contributed by atoms with Gasteiger partial charge in [-0.25, -0.2) is 0 Å². The molecule has 4 nitrogen and oxygen atoms in total. The van der Waals surface area contributed by atoms with Crippen LogP contribution in [0.15, 0.2) is 48.5 Å². The second-order valence-corrected chi connectivity index (χ2v) is 9.24. The smallest absolute Gasteiger partial charge is 0.119 e. The third-order valence-electron chi connectivity index (χ3n) is 6.34. The summed E-state index contributed by atoms with van der Waals surface area (Å²) in [5, 5.41) is 10.7. The van der Waals surface area contributed by atoms with E-state index in [1.165, 1.54) is 68.4 Å². The zero-order valence-corrected chi connectivity index (χ0v) is 18.4. The van der Waals surface area contributed by atoms with Crippen LogP contribution in [0.4, 0.5) is 5.69 Å². The average Bonchev–Trinajstić information content (AvgIpc) is 2.79. The number of β-amino-alcohol motifs (C(OH)–C–C–N with tert-alkyl or cyclic N) is 1. The summed E-state index contributed by atoms with van der Waals surface area (Å²) in [6, 6.07) is 17.1. The maximum atomic E-state index is 10.7. The van der Waals surface area contributed by atoms with Gasteiger partial charge in [0.15, 0.2) is 0 Å².